The van der Waals surface area contributed by atoms with Gasteiger partial charge in [-0.25, -0.2) is 13.4 Å². The largest absolute Gasteiger partial charge is 0.494 e. The Hall–Kier alpha value is -3.11. The number of benzene rings is 2. The lowest BCUT2D eigenvalue weighted by Gasteiger charge is -2.13. The van der Waals surface area contributed by atoms with Gasteiger partial charge in [-0.05, 0) is 48.5 Å². The van der Waals surface area contributed by atoms with Crippen molar-refractivity contribution in [1.82, 2.24) is 4.98 Å². The molecule has 30 heavy (non-hydrogen) atoms. The molecule has 0 saturated carbocycles. The van der Waals surface area contributed by atoms with Crippen molar-refractivity contribution >= 4 is 43.2 Å². The summed E-state index contributed by atoms with van der Waals surface area (Å²) in [5.41, 5.74) is 0.908. The summed E-state index contributed by atoms with van der Waals surface area (Å²) in [7, 11) is -2.07. The summed E-state index contributed by atoms with van der Waals surface area (Å²) in [6, 6.07) is 14.9. The molecule has 0 aliphatic carbocycles. The normalized spacial score (nSPS) is 10.9. The Bertz CT molecular complexity index is 1170. The minimum absolute atomic E-state index is 0.152. The number of carbonyl (C=O) groups is 1. The number of nitrogens with zero attached hydrogens (tertiary/aromatic N) is 1. The van der Waals surface area contributed by atoms with Gasteiger partial charge in [0.1, 0.15) is 17.1 Å². The maximum absolute atomic E-state index is 12.8. The van der Waals surface area contributed by atoms with E-state index in [9.17, 15) is 13.2 Å². The number of rotatable bonds is 7. The molecule has 1 heterocycles. The van der Waals surface area contributed by atoms with E-state index in [1.165, 1.54) is 25.4 Å². The second-order valence-electron chi connectivity index (χ2n) is 6.16. The third kappa shape index (κ3) is 5.71. The molecular formula is C20H18BrN3O5S. The lowest BCUT2D eigenvalue weighted by atomic mass is 10.2. The van der Waals surface area contributed by atoms with E-state index in [1.54, 1.807) is 30.3 Å². The van der Waals surface area contributed by atoms with E-state index < -0.39 is 15.9 Å². The Morgan fingerprint density at radius 1 is 1.10 bits per heavy atom. The molecule has 0 bridgehead atoms. The second-order valence-corrected chi connectivity index (χ2v) is 8.82. The summed E-state index contributed by atoms with van der Waals surface area (Å²) in [6.45, 7) is 0. The van der Waals surface area contributed by atoms with Gasteiger partial charge in [-0.3, -0.25) is 9.52 Å². The van der Waals surface area contributed by atoms with Crippen molar-refractivity contribution in [3.05, 3.63) is 70.8 Å². The summed E-state index contributed by atoms with van der Waals surface area (Å²) in [6.07, 6.45) is 2.57. The molecule has 0 unspecified atom stereocenters. The van der Waals surface area contributed by atoms with Crippen LogP contribution < -0.4 is 19.5 Å². The van der Waals surface area contributed by atoms with Crippen molar-refractivity contribution in [1.29, 1.82) is 0 Å². The number of aromatic nitrogens is 1. The lowest BCUT2D eigenvalue weighted by molar-refractivity contribution is 0.102. The first-order chi connectivity index (χ1) is 14.2. The molecular weight excluding hydrogens is 474 g/mol. The molecule has 0 saturated heterocycles. The van der Waals surface area contributed by atoms with Gasteiger partial charge in [0.15, 0.2) is 0 Å². The van der Waals surface area contributed by atoms with Crippen molar-refractivity contribution in [2.75, 3.05) is 23.4 Å². The molecule has 0 aliphatic heterocycles. The summed E-state index contributed by atoms with van der Waals surface area (Å²) in [5, 5.41) is 2.73. The third-order valence-electron chi connectivity index (χ3n) is 3.80. The van der Waals surface area contributed by atoms with Gasteiger partial charge in [-0.15, -0.1) is 0 Å². The summed E-state index contributed by atoms with van der Waals surface area (Å²) >= 11 is 3.35. The first-order valence-electron chi connectivity index (χ1n) is 8.61. The molecule has 10 heteroatoms. The Morgan fingerprint density at radius 3 is 2.50 bits per heavy atom. The zero-order valence-corrected chi connectivity index (χ0v) is 18.5. The average molecular weight is 492 g/mol. The van der Waals surface area contributed by atoms with Gasteiger partial charge in [-0.1, -0.05) is 15.9 Å². The van der Waals surface area contributed by atoms with Gasteiger partial charge >= 0.3 is 0 Å². The molecule has 0 spiro atoms. The molecule has 0 aliphatic rings. The second kappa shape index (κ2) is 9.14. The van der Waals surface area contributed by atoms with Crippen molar-refractivity contribution in [2.45, 2.75) is 0 Å². The van der Waals surface area contributed by atoms with Crippen molar-refractivity contribution in [2.24, 2.45) is 0 Å². The molecule has 1 aromatic heterocycles. The lowest BCUT2D eigenvalue weighted by Crippen LogP contribution is -2.14. The fraction of sp³-hybridized carbons (Fsp3) is 0.100. The number of carbonyl (C=O) groups excluding carboxylic acids is 1. The zero-order chi connectivity index (χ0) is 21.7. The number of ether oxygens (including phenoxy) is 2. The average Bonchev–Trinajstić information content (AvgIpc) is 2.70. The molecule has 3 rings (SSSR count). The Labute approximate surface area is 182 Å². The maximum Gasteiger partial charge on any atom is 0.261 e. The van der Waals surface area contributed by atoms with Crippen LogP contribution in [-0.4, -0.2) is 32.7 Å². The first kappa shape index (κ1) is 21.6. The van der Waals surface area contributed by atoms with Gasteiger partial charge in [0.2, 0.25) is 15.9 Å². The van der Waals surface area contributed by atoms with E-state index in [4.69, 9.17) is 9.47 Å². The quantitative estimate of drug-likeness (QED) is 0.510. The van der Waals surface area contributed by atoms with E-state index >= 15 is 0 Å². The highest BCUT2D eigenvalue weighted by atomic mass is 79.9. The number of amides is 1. The number of anilines is 2. The fourth-order valence-electron chi connectivity index (χ4n) is 2.51. The molecule has 8 nitrogen and oxygen atoms in total. The van der Waals surface area contributed by atoms with Crippen LogP contribution >= 0.6 is 15.9 Å². The Kier molecular flexibility index (Phi) is 6.58. The zero-order valence-electron chi connectivity index (χ0n) is 16.0. The van der Waals surface area contributed by atoms with Crippen LogP contribution in [0.15, 0.2) is 65.3 Å². The fourth-order valence-corrected chi connectivity index (χ4v) is 3.34. The molecule has 3 aromatic rings. The monoisotopic (exact) mass is 491 g/mol. The smallest absolute Gasteiger partial charge is 0.261 e. The number of nitrogens with one attached hydrogen (secondary N) is 2. The minimum atomic E-state index is -3.47. The highest BCUT2D eigenvalue weighted by Gasteiger charge is 2.16. The SMILES string of the molecule is COc1cc(NC(=O)c2cccnc2Oc2ccc(Br)cc2)ccc1NS(C)(=O)=O. The standard InChI is InChI=1S/C20H18BrN3O5S/c1-28-18-12-14(7-10-17(18)24-30(2,26)27)23-19(25)16-4-3-11-22-20(16)29-15-8-5-13(21)6-9-15/h3-12,24H,1-2H3,(H,23,25). The Morgan fingerprint density at radius 2 is 1.83 bits per heavy atom. The van der Waals surface area contributed by atoms with E-state index in [-0.39, 0.29) is 22.9 Å². The molecule has 0 fully saturated rings. The number of hydrogen-bond acceptors (Lipinski definition) is 6. The van der Waals surface area contributed by atoms with Gasteiger partial charge in [0, 0.05) is 22.4 Å². The predicted molar refractivity (Wildman–Crippen MR) is 118 cm³/mol. The maximum atomic E-state index is 12.8. The summed E-state index contributed by atoms with van der Waals surface area (Å²) in [5.74, 6) is 0.500. The van der Waals surface area contributed by atoms with Crippen LogP contribution in [0.2, 0.25) is 0 Å². The van der Waals surface area contributed by atoms with Crippen LogP contribution in [0.25, 0.3) is 0 Å². The van der Waals surface area contributed by atoms with Gasteiger partial charge < -0.3 is 14.8 Å². The third-order valence-corrected chi connectivity index (χ3v) is 4.92. The summed E-state index contributed by atoms with van der Waals surface area (Å²) in [4.78, 5) is 17.0. The molecule has 0 atom stereocenters. The van der Waals surface area contributed by atoms with Crippen LogP contribution in [-0.2, 0) is 10.0 Å². The highest BCUT2D eigenvalue weighted by Crippen LogP contribution is 2.30. The minimum Gasteiger partial charge on any atom is -0.494 e. The molecule has 2 aromatic carbocycles. The molecule has 156 valence electrons. The predicted octanol–water partition coefficient (Wildman–Crippen LogP) is 4.27. The van der Waals surface area contributed by atoms with Crippen LogP contribution in [0.3, 0.4) is 0 Å². The van der Waals surface area contributed by atoms with Gasteiger partial charge in [0.05, 0.1) is 19.1 Å². The van der Waals surface area contributed by atoms with Crippen LogP contribution in [0.4, 0.5) is 11.4 Å². The molecule has 0 radical (unpaired) electrons. The number of halogens is 1. The number of hydrogen-bond donors (Lipinski definition) is 2. The number of pyridine rings is 1. The molecule has 2 N–H and O–H groups in total. The Balaban J connectivity index is 1.82. The van der Waals surface area contributed by atoms with E-state index in [0.29, 0.717) is 11.4 Å². The van der Waals surface area contributed by atoms with E-state index in [0.717, 1.165) is 10.7 Å². The number of methoxy groups -OCH3 is 1. The van der Waals surface area contributed by atoms with Gasteiger partial charge in [0.25, 0.3) is 5.91 Å². The highest BCUT2D eigenvalue weighted by molar-refractivity contribution is 9.10. The van der Waals surface area contributed by atoms with E-state index in [2.05, 4.69) is 31.0 Å². The topological polar surface area (TPSA) is 107 Å². The molecule has 1 amide bonds. The van der Waals surface area contributed by atoms with Crippen molar-refractivity contribution in [3.8, 4) is 17.4 Å². The number of sulfonamides is 1. The van der Waals surface area contributed by atoms with Gasteiger partial charge in [-0.2, -0.15) is 0 Å². The van der Waals surface area contributed by atoms with Crippen LogP contribution in [0.5, 0.6) is 17.4 Å². The van der Waals surface area contributed by atoms with Crippen molar-refractivity contribution in [3.63, 3.8) is 0 Å². The van der Waals surface area contributed by atoms with Crippen molar-refractivity contribution < 1.29 is 22.7 Å². The van der Waals surface area contributed by atoms with E-state index in [1.807, 2.05) is 12.1 Å². The van der Waals surface area contributed by atoms with Crippen LogP contribution in [0.1, 0.15) is 10.4 Å². The first-order valence-corrected chi connectivity index (χ1v) is 11.3. The summed E-state index contributed by atoms with van der Waals surface area (Å²) < 4.78 is 37.1. The van der Waals surface area contributed by atoms with Crippen LogP contribution in [0, 0.1) is 0 Å².